The van der Waals surface area contributed by atoms with Crippen LogP contribution in [0.1, 0.15) is 44.9 Å². The van der Waals surface area contributed by atoms with E-state index in [1.54, 1.807) is 12.2 Å². The second-order valence-electron chi connectivity index (χ2n) is 9.22. The Hall–Kier alpha value is -0.993. The average molecular weight is 411 g/mol. The summed E-state index contributed by atoms with van der Waals surface area (Å²) in [6, 6.07) is 0. The number of rotatable bonds is 7. The normalized spacial score (nSPS) is 37.8. The summed E-state index contributed by atoms with van der Waals surface area (Å²) >= 11 is 0. The van der Waals surface area contributed by atoms with Gasteiger partial charge in [-0.1, -0.05) is 18.6 Å². The molecule has 0 aromatic heterocycles. The number of aliphatic hydroxyl groups is 1. The van der Waals surface area contributed by atoms with Gasteiger partial charge in [0, 0.05) is 25.7 Å². The van der Waals surface area contributed by atoms with Crippen molar-refractivity contribution >= 4 is 14.3 Å². The summed E-state index contributed by atoms with van der Waals surface area (Å²) in [5, 5.41) is 11.9. The number of carbonyl (C=O) groups is 1. The molecule has 7 heteroatoms. The molecule has 3 rings (SSSR count). The van der Waals surface area contributed by atoms with Gasteiger partial charge in [-0.15, -0.1) is 13.2 Å². The zero-order valence-electron chi connectivity index (χ0n) is 17.4. The zero-order valence-corrected chi connectivity index (χ0v) is 18.4. The molecule has 3 fully saturated rings. The first-order valence-corrected chi connectivity index (χ1v) is 13.7. The Morgan fingerprint density at radius 2 is 1.82 bits per heavy atom. The lowest BCUT2D eigenvalue weighted by atomic mass is 9.75. The molecule has 1 spiro atoms. The molecule has 1 aliphatic carbocycles. The maximum Gasteiger partial charge on any atom is 0.341 e. The SMILES string of the molecule is C=CC[C@@]1(O)[C@@H]([C@@H]2COC3(CCCCC3)O2)OC(=O)[C@@]1(CC=C)O[Si](C)(C)C. The highest BCUT2D eigenvalue weighted by atomic mass is 28.4. The lowest BCUT2D eigenvalue weighted by molar-refractivity contribution is -0.209. The Morgan fingerprint density at radius 1 is 1.18 bits per heavy atom. The van der Waals surface area contributed by atoms with Gasteiger partial charge in [0.15, 0.2) is 25.8 Å². The molecule has 2 heterocycles. The van der Waals surface area contributed by atoms with Crippen molar-refractivity contribution in [3.63, 3.8) is 0 Å². The quantitative estimate of drug-likeness (QED) is 0.394. The van der Waals surface area contributed by atoms with E-state index in [-0.39, 0.29) is 19.4 Å². The summed E-state index contributed by atoms with van der Waals surface area (Å²) < 4.78 is 24.4. The van der Waals surface area contributed by atoms with Crippen LogP contribution in [-0.2, 0) is 23.4 Å². The van der Waals surface area contributed by atoms with Gasteiger partial charge in [0.1, 0.15) is 11.7 Å². The van der Waals surface area contributed by atoms with E-state index < -0.39 is 43.5 Å². The van der Waals surface area contributed by atoms with Crippen molar-refractivity contribution in [2.24, 2.45) is 0 Å². The summed E-state index contributed by atoms with van der Waals surface area (Å²) in [4.78, 5) is 13.1. The highest BCUT2D eigenvalue weighted by molar-refractivity contribution is 6.70. The molecule has 2 aliphatic heterocycles. The second kappa shape index (κ2) is 7.68. The average Bonchev–Trinajstić information content (AvgIpc) is 3.08. The minimum atomic E-state index is -2.21. The Bertz CT molecular complexity index is 623. The predicted octanol–water partition coefficient (Wildman–Crippen LogP) is 3.46. The van der Waals surface area contributed by atoms with Crippen molar-refractivity contribution in [2.75, 3.05) is 6.61 Å². The Balaban J connectivity index is 1.95. The fraction of sp³-hybridized carbons (Fsp3) is 0.762. The van der Waals surface area contributed by atoms with Gasteiger partial charge in [0.05, 0.1) is 6.61 Å². The number of carbonyl (C=O) groups excluding carboxylic acids is 1. The van der Waals surface area contributed by atoms with Gasteiger partial charge in [-0.05, 0) is 32.5 Å². The molecular weight excluding hydrogens is 376 g/mol. The van der Waals surface area contributed by atoms with Crippen molar-refractivity contribution < 1.29 is 28.5 Å². The minimum absolute atomic E-state index is 0.147. The summed E-state index contributed by atoms with van der Waals surface area (Å²) in [7, 11) is -2.21. The molecule has 0 aromatic carbocycles. The number of ether oxygens (including phenoxy) is 3. The third-order valence-electron chi connectivity index (χ3n) is 5.93. The molecule has 1 N–H and O–H groups in total. The van der Waals surface area contributed by atoms with Crippen molar-refractivity contribution in [1.29, 1.82) is 0 Å². The maximum absolute atomic E-state index is 13.1. The van der Waals surface area contributed by atoms with Crippen LogP contribution in [0.15, 0.2) is 25.3 Å². The molecule has 0 aromatic rings. The van der Waals surface area contributed by atoms with Crippen molar-refractivity contribution in [2.45, 2.75) is 93.8 Å². The van der Waals surface area contributed by atoms with Crippen LogP contribution in [-0.4, -0.2) is 55.2 Å². The third kappa shape index (κ3) is 3.63. The Kier molecular flexibility index (Phi) is 5.96. The minimum Gasteiger partial charge on any atom is -0.454 e. The van der Waals surface area contributed by atoms with Crippen LogP contribution >= 0.6 is 0 Å². The molecule has 0 amide bonds. The Morgan fingerprint density at radius 3 is 2.39 bits per heavy atom. The summed E-state index contributed by atoms with van der Waals surface area (Å²) in [6.45, 7) is 13.8. The standard InChI is InChI=1S/C21H34O6Si/c1-6-11-20(23)17(16-15-24-19(26-16)13-9-8-10-14-19)25-18(22)21(20,12-7-2)27-28(3,4)5/h6-7,16-17,23H,1-2,8-15H2,3-5H3/t16-,17+,20+,21+/m0/s1. The molecule has 1 saturated carbocycles. The van der Waals surface area contributed by atoms with E-state index in [1.807, 2.05) is 19.6 Å². The molecule has 158 valence electrons. The van der Waals surface area contributed by atoms with Crippen LogP contribution < -0.4 is 0 Å². The first-order valence-electron chi connectivity index (χ1n) is 10.3. The van der Waals surface area contributed by atoms with Crippen molar-refractivity contribution in [1.82, 2.24) is 0 Å². The molecule has 0 bridgehead atoms. The predicted molar refractivity (Wildman–Crippen MR) is 108 cm³/mol. The number of esters is 1. The van der Waals surface area contributed by atoms with E-state index in [9.17, 15) is 9.90 Å². The highest BCUT2D eigenvalue weighted by Crippen LogP contribution is 2.50. The first kappa shape index (κ1) is 21.7. The lowest BCUT2D eigenvalue weighted by Crippen LogP contribution is -2.64. The fourth-order valence-electron chi connectivity index (χ4n) is 4.84. The van der Waals surface area contributed by atoms with Gasteiger partial charge in [-0.25, -0.2) is 4.79 Å². The molecule has 2 saturated heterocycles. The van der Waals surface area contributed by atoms with Gasteiger partial charge in [0.25, 0.3) is 0 Å². The second-order valence-corrected chi connectivity index (χ2v) is 13.6. The van der Waals surface area contributed by atoms with Crippen LogP contribution in [0.4, 0.5) is 0 Å². The largest absolute Gasteiger partial charge is 0.454 e. The van der Waals surface area contributed by atoms with Gasteiger partial charge >= 0.3 is 5.97 Å². The fourth-order valence-corrected chi connectivity index (χ4v) is 6.23. The summed E-state index contributed by atoms with van der Waals surface area (Å²) in [6.07, 6.45) is 7.02. The van der Waals surface area contributed by atoms with Crippen molar-refractivity contribution in [3.8, 4) is 0 Å². The molecule has 0 radical (unpaired) electrons. The van der Waals surface area contributed by atoms with E-state index >= 15 is 0 Å². The van der Waals surface area contributed by atoms with E-state index in [2.05, 4.69) is 13.2 Å². The van der Waals surface area contributed by atoms with Crippen LogP contribution in [0, 0.1) is 0 Å². The van der Waals surface area contributed by atoms with Gasteiger partial charge in [-0.3, -0.25) is 0 Å². The first-order chi connectivity index (χ1) is 13.1. The van der Waals surface area contributed by atoms with Crippen LogP contribution in [0.3, 0.4) is 0 Å². The molecular formula is C21H34O6Si. The molecule has 4 atom stereocenters. The Labute approximate surface area is 169 Å². The summed E-state index contributed by atoms with van der Waals surface area (Å²) in [5.41, 5.74) is -3.11. The molecule has 6 nitrogen and oxygen atoms in total. The molecule has 28 heavy (non-hydrogen) atoms. The van der Waals surface area contributed by atoms with Gasteiger partial charge < -0.3 is 23.7 Å². The van der Waals surface area contributed by atoms with E-state index in [4.69, 9.17) is 18.6 Å². The number of cyclic esters (lactones) is 1. The number of hydrogen-bond acceptors (Lipinski definition) is 6. The van der Waals surface area contributed by atoms with E-state index in [1.165, 1.54) is 6.42 Å². The van der Waals surface area contributed by atoms with Gasteiger partial charge in [0.2, 0.25) is 0 Å². The maximum atomic E-state index is 13.1. The molecule has 3 aliphatic rings. The van der Waals surface area contributed by atoms with Crippen LogP contribution in [0.2, 0.25) is 19.6 Å². The van der Waals surface area contributed by atoms with E-state index in [0.29, 0.717) is 0 Å². The van der Waals surface area contributed by atoms with E-state index in [0.717, 1.165) is 25.7 Å². The van der Waals surface area contributed by atoms with Gasteiger partial charge in [-0.2, -0.15) is 0 Å². The zero-order chi connectivity index (χ0) is 20.6. The monoisotopic (exact) mass is 410 g/mol. The molecule has 0 unspecified atom stereocenters. The van der Waals surface area contributed by atoms with Crippen LogP contribution in [0.5, 0.6) is 0 Å². The number of hydrogen-bond donors (Lipinski definition) is 1. The van der Waals surface area contributed by atoms with Crippen LogP contribution in [0.25, 0.3) is 0 Å². The van der Waals surface area contributed by atoms with Crippen molar-refractivity contribution in [3.05, 3.63) is 25.3 Å². The highest BCUT2D eigenvalue weighted by Gasteiger charge is 2.71. The topological polar surface area (TPSA) is 74.2 Å². The smallest absolute Gasteiger partial charge is 0.341 e. The summed E-state index contributed by atoms with van der Waals surface area (Å²) in [5.74, 6) is -1.18. The lowest BCUT2D eigenvalue weighted by Gasteiger charge is -2.43. The third-order valence-corrected chi connectivity index (χ3v) is 6.89.